The molecule has 1 fully saturated rings. The molecule has 0 amide bonds. The zero-order valence-electron chi connectivity index (χ0n) is 13.1. The van der Waals surface area contributed by atoms with E-state index in [1.807, 2.05) is 0 Å². The van der Waals surface area contributed by atoms with Crippen LogP contribution in [0.4, 0.5) is 0 Å². The summed E-state index contributed by atoms with van der Waals surface area (Å²) in [5, 5.41) is 3.67. The van der Waals surface area contributed by atoms with Crippen LogP contribution in [0.5, 0.6) is 5.75 Å². The van der Waals surface area contributed by atoms with Crippen LogP contribution < -0.4 is 10.1 Å². The second-order valence-corrected chi connectivity index (χ2v) is 6.24. The van der Waals surface area contributed by atoms with Crippen LogP contribution in [-0.2, 0) is 11.2 Å². The van der Waals surface area contributed by atoms with Gasteiger partial charge in [-0.2, -0.15) is 0 Å². The lowest BCUT2D eigenvalue weighted by Gasteiger charge is -2.27. The van der Waals surface area contributed by atoms with Gasteiger partial charge in [-0.15, -0.1) is 0 Å². The molecule has 1 saturated carbocycles. The van der Waals surface area contributed by atoms with E-state index in [0.29, 0.717) is 12.1 Å². The number of rotatable bonds is 6. The first-order valence-corrected chi connectivity index (χ1v) is 8.38. The average molecular weight is 289 g/mol. The van der Waals surface area contributed by atoms with Gasteiger partial charge in [-0.1, -0.05) is 18.9 Å². The van der Waals surface area contributed by atoms with Gasteiger partial charge in [0.25, 0.3) is 0 Å². The van der Waals surface area contributed by atoms with Crippen LogP contribution in [-0.4, -0.2) is 26.4 Å². The number of aryl methyl sites for hydroxylation is 1. The zero-order valence-corrected chi connectivity index (χ0v) is 13.1. The average Bonchev–Trinajstić information content (AvgIpc) is 3.04. The second kappa shape index (κ2) is 7.28. The molecule has 0 saturated heterocycles. The minimum Gasteiger partial charge on any atom is -0.497 e. The Kier molecular flexibility index (Phi) is 5.15. The van der Waals surface area contributed by atoms with E-state index in [1.165, 1.54) is 56.1 Å². The summed E-state index contributed by atoms with van der Waals surface area (Å²) in [6.45, 7) is 1.78. The van der Waals surface area contributed by atoms with Crippen molar-refractivity contribution in [3.8, 4) is 5.75 Å². The molecular weight excluding hydrogens is 262 g/mol. The van der Waals surface area contributed by atoms with Gasteiger partial charge in [-0.3, -0.25) is 0 Å². The fourth-order valence-corrected chi connectivity index (χ4v) is 3.63. The molecule has 0 aliphatic heterocycles. The fourth-order valence-electron chi connectivity index (χ4n) is 3.63. The molecule has 21 heavy (non-hydrogen) atoms. The maximum Gasteiger partial charge on any atom is 0.119 e. The predicted molar refractivity (Wildman–Crippen MR) is 84.9 cm³/mol. The number of benzene rings is 1. The number of fused-ring (bicyclic) bond motifs is 1. The van der Waals surface area contributed by atoms with Crippen LogP contribution in [0.15, 0.2) is 18.2 Å². The Morgan fingerprint density at radius 3 is 2.81 bits per heavy atom. The van der Waals surface area contributed by atoms with Crippen molar-refractivity contribution in [3.63, 3.8) is 0 Å². The van der Waals surface area contributed by atoms with Crippen LogP contribution in [0.2, 0.25) is 0 Å². The van der Waals surface area contributed by atoms with Gasteiger partial charge in [0.05, 0.1) is 19.8 Å². The molecule has 0 spiro atoms. The molecule has 3 nitrogen and oxygen atoms in total. The molecule has 0 bridgehead atoms. The summed E-state index contributed by atoms with van der Waals surface area (Å²) in [5.74, 6) is 0.963. The lowest BCUT2D eigenvalue weighted by atomic mass is 9.87. The monoisotopic (exact) mass is 289 g/mol. The SMILES string of the molecule is COc1ccc2c(c1)C(NCCOC1CCCC1)CCC2. The van der Waals surface area contributed by atoms with Crippen molar-refractivity contribution in [2.24, 2.45) is 0 Å². The highest BCUT2D eigenvalue weighted by molar-refractivity contribution is 5.39. The van der Waals surface area contributed by atoms with Gasteiger partial charge < -0.3 is 14.8 Å². The number of ether oxygens (including phenoxy) is 2. The number of nitrogens with one attached hydrogen (secondary N) is 1. The summed E-state index contributed by atoms with van der Waals surface area (Å²) in [4.78, 5) is 0. The van der Waals surface area contributed by atoms with Crippen LogP contribution >= 0.6 is 0 Å². The van der Waals surface area contributed by atoms with Crippen molar-refractivity contribution in [2.45, 2.75) is 57.1 Å². The molecule has 0 heterocycles. The first-order chi connectivity index (χ1) is 10.4. The van der Waals surface area contributed by atoms with Crippen LogP contribution in [0.1, 0.15) is 55.7 Å². The van der Waals surface area contributed by atoms with E-state index in [9.17, 15) is 0 Å². The van der Waals surface area contributed by atoms with Crippen molar-refractivity contribution in [2.75, 3.05) is 20.3 Å². The molecule has 2 aliphatic carbocycles. The first kappa shape index (κ1) is 14.9. The summed E-state index contributed by atoms with van der Waals surface area (Å²) < 4.78 is 11.3. The normalized spacial score (nSPS) is 22.2. The predicted octanol–water partition coefficient (Wildman–Crippen LogP) is 3.62. The van der Waals surface area contributed by atoms with Crippen molar-refractivity contribution in [1.82, 2.24) is 5.32 Å². The molecule has 2 aliphatic rings. The van der Waals surface area contributed by atoms with E-state index in [1.54, 1.807) is 7.11 Å². The van der Waals surface area contributed by atoms with Crippen molar-refractivity contribution >= 4 is 0 Å². The third-order valence-electron chi connectivity index (χ3n) is 4.82. The van der Waals surface area contributed by atoms with Crippen molar-refractivity contribution in [1.29, 1.82) is 0 Å². The number of hydrogen-bond donors (Lipinski definition) is 1. The fraction of sp³-hybridized carbons (Fsp3) is 0.667. The lowest BCUT2D eigenvalue weighted by molar-refractivity contribution is 0.0588. The summed E-state index contributed by atoms with van der Waals surface area (Å²) in [5.41, 5.74) is 2.89. The van der Waals surface area contributed by atoms with Gasteiger partial charge in [0, 0.05) is 12.6 Å². The molecule has 3 heteroatoms. The summed E-state index contributed by atoms with van der Waals surface area (Å²) in [6, 6.07) is 6.95. The Balaban J connectivity index is 1.52. The lowest BCUT2D eigenvalue weighted by Crippen LogP contribution is -2.29. The summed E-state index contributed by atoms with van der Waals surface area (Å²) in [6.07, 6.45) is 9.38. The number of methoxy groups -OCH3 is 1. The highest BCUT2D eigenvalue weighted by atomic mass is 16.5. The largest absolute Gasteiger partial charge is 0.497 e. The Morgan fingerprint density at radius 2 is 2.00 bits per heavy atom. The number of hydrogen-bond acceptors (Lipinski definition) is 3. The van der Waals surface area contributed by atoms with Crippen LogP contribution in [0.3, 0.4) is 0 Å². The molecule has 1 N–H and O–H groups in total. The van der Waals surface area contributed by atoms with E-state index >= 15 is 0 Å². The molecule has 0 aromatic heterocycles. The quantitative estimate of drug-likeness (QED) is 0.811. The Morgan fingerprint density at radius 1 is 1.14 bits per heavy atom. The van der Waals surface area contributed by atoms with Crippen molar-refractivity contribution < 1.29 is 9.47 Å². The van der Waals surface area contributed by atoms with E-state index < -0.39 is 0 Å². The summed E-state index contributed by atoms with van der Waals surface area (Å²) in [7, 11) is 1.74. The molecule has 3 rings (SSSR count). The molecule has 1 aromatic rings. The maximum atomic E-state index is 5.94. The Hall–Kier alpha value is -1.06. The van der Waals surface area contributed by atoms with Gasteiger partial charge in [0.2, 0.25) is 0 Å². The third-order valence-corrected chi connectivity index (χ3v) is 4.82. The molecule has 0 radical (unpaired) electrons. The topological polar surface area (TPSA) is 30.5 Å². The van der Waals surface area contributed by atoms with Crippen LogP contribution in [0, 0.1) is 0 Å². The van der Waals surface area contributed by atoms with Gasteiger partial charge in [-0.05, 0) is 55.4 Å². The van der Waals surface area contributed by atoms with E-state index in [2.05, 4.69) is 23.5 Å². The van der Waals surface area contributed by atoms with Gasteiger partial charge >= 0.3 is 0 Å². The van der Waals surface area contributed by atoms with Gasteiger partial charge in [0.1, 0.15) is 5.75 Å². The van der Waals surface area contributed by atoms with E-state index in [0.717, 1.165) is 18.9 Å². The molecule has 1 unspecified atom stereocenters. The van der Waals surface area contributed by atoms with Crippen molar-refractivity contribution in [3.05, 3.63) is 29.3 Å². The highest BCUT2D eigenvalue weighted by Crippen LogP contribution is 2.32. The highest BCUT2D eigenvalue weighted by Gasteiger charge is 2.20. The van der Waals surface area contributed by atoms with E-state index in [-0.39, 0.29) is 0 Å². The molecule has 1 atom stereocenters. The Bertz CT molecular complexity index is 455. The van der Waals surface area contributed by atoms with Gasteiger partial charge in [0.15, 0.2) is 0 Å². The summed E-state index contributed by atoms with van der Waals surface area (Å²) >= 11 is 0. The zero-order chi connectivity index (χ0) is 14.5. The second-order valence-electron chi connectivity index (χ2n) is 6.24. The molecular formula is C18H27NO2. The first-order valence-electron chi connectivity index (χ1n) is 8.38. The van der Waals surface area contributed by atoms with E-state index in [4.69, 9.17) is 9.47 Å². The molecule has 116 valence electrons. The minimum atomic E-state index is 0.455. The maximum absolute atomic E-state index is 5.94. The Labute approximate surface area is 128 Å². The van der Waals surface area contributed by atoms with Gasteiger partial charge in [-0.25, -0.2) is 0 Å². The minimum absolute atomic E-state index is 0.455. The third kappa shape index (κ3) is 3.78. The van der Waals surface area contributed by atoms with Crippen LogP contribution in [0.25, 0.3) is 0 Å². The molecule has 1 aromatic carbocycles. The smallest absolute Gasteiger partial charge is 0.119 e. The standard InChI is InChI=1S/C18H27NO2/c1-20-16-10-9-14-5-4-8-18(17(14)13-16)19-11-12-21-15-6-2-3-7-15/h9-10,13,15,18-19H,2-8,11-12H2,1H3.